The molecule has 0 aliphatic carbocycles. The van der Waals surface area contributed by atoms with Crippen molar-refractivity contribution in [3.05, 3.63) is 41.2 Å². The number of aromatic carboxylic acids is 1. The summed E-state index contributed by atoms with van der Waals surface area (Å²) in [6, 6.07) is 4.37. The summed E-state index contributed by atoms with van der Waals surface area (Å²) in [5, 5.41) is 11.1. The Morgan fingerprint density at radius 3 is 2.46 bits per heavy atom. The summed E-state index contributed by atoms with van der Waals surface area (Å²) in [7, 11) is -1.61. The number of aromatic nitrogens is 3. The number of carbonyl (C=O) groups is 2. The van der Waals surface area contributed by atoms with Crippen molar-refractivity contribution in [1.29, 1.82) is 0 Å². The van der Waals surface area contributed by atoms with Crippen molar-refractivity contribution in [2.75, 3.05) is 19.1 Å². The van der Waals surface area contributed by atoms with Crippen LogP contribution in [0.2, 0.25) is 0 Å². The second-order valence-corrected chi connectivity index (χ2v) is 7.06. The van der Waals surface area contributed by atoms with Gasteiger partial charge in [0, 0.05) is 12.6 Å². The Morgan fingerprint density at radius 2 is 1.86 bits per heavy atom. The monoisotopic (exact) mass is 417 g/mol. The van der Waals surface area contributed by atoms with Crippen molar-refractivity contribution in [3.63, 3.8) is 0 Å². The molecule has 28 heavy (non-hydrogen) atoms. The predicted octanol–water partition coefficient (Wildman–Crippen LogP) is -3.77. The fraction of sp³-hybridized carbons (Fsp3) is 0.267. The van der Waals surface area contributed by atoms with Crippen LogP contribution < -0.4 is 49.0 Å². The summed E-state index contributed by atoms with van der Waals surface area (Å²) >= 11 is 0. The number of ether oxygens (including phenoxy) is 1. The van der Waals surface area contributed by atoms with Gasteiger partial charge in [-0.25, -0.2) is 17.9 Å². The molecule has 144 valence electrons. The van der Waals surface area contributed by atoms with Gasteiger partial charge in [0.2, 0.25) is 16.0 Å². The SMILES string of the molecule is COc1nc(C)nc(N(C)C(=O)NS(=O)(=O)Cc2ccccc2C(=O)[O-])n1.[Na+]. The van der Waals surface area contributed by atoms with Gasteiger partial charge in [-0.3, -0.25) is 4.90 Å². The zero-order chi connectivity index (χ0) is 20.2. The summed E-state index contributed by atoms with van der Waals surface area (Å²) in [6.45, 7) is 1.55. The van der Waals surface area contributed by atoms with Crippen molar-refractivity contribution in [2.24, 2.45) is 0 Å². The van der Waals surface area contributed by atoms with Gasteiger partial charge in [0.15, 0.2) is 0 Å². The maximum absolute atomic E-state index is 12.3. The molecule has 2 aromatic rings. The third-order valence-corrected chi connectivity index (χ3v) is 4.50. The van der Waals surface area contributed by atoms with E-state index in [1.807, 2.05) is 4.72 Å². The number of anilines is 1. The zero-order valence-corrected chi connectivity index (χ0v) is 18.5. The van der Waals surface area contributed by atoms with Crippen LogP contribution in [-0.2, 0) is 15.8 Å². The summed E-state index contributed by atoms with van der Waals surface area (Å²) < 4.78 is 31.2. The van der Waals surface area contributed by atoms with E-state index in [-0.39, 0.29) is 58.5 Å². The maximum Gasteiger partial charge on any atom is 1.00 e. The number of amides is 2. The van der Waals surface area contributed by atoms with Crippen molar-refractivity contribution in [1.82, 2.24) is 19.7 Å². The summed E-state index contributed by atoms with van der Waals surface area (Å²) in [4.78, 5) is 35.9. The van der Waals surface area contributed by atoms with Gasteiger partial charge in [-0.15, -0.1) is 0 Å². The fourth-order valence-electron chi connectivity index (χ4n) is 2.06. The van der Waals surface area contributed by atoms with Crippen molar-refractivity contribution < 1.29 is 57.4 Å². The number of carboxylic acid groups (broad SMARTS) is 1. The largest absolute Gasteiger partial charge is 1.00 e. The normalized spacial score (nSPS) is 10.5. The molecule has 0 saturated carbocycles. The minimum Gasteiger partial charge on any atom is -0.545 e. The molecule has 0 aliphatic heterocycles. The molecular formula is C15H16N5NaO6S. The molecule has 0 unspecified atom stereocenters. The Bertz CT molecular complexity index is 985. The van der Waals surface area contributed by atoms with E-state index < -0.39 is 27.8 Å². The van der Waals surface area contributed by atoms with Crippen LogP contribution in [-0.4, -0.2) is 49.5 Å². The molecule has 13 heteroatoms. The number of carboxylic acids is 1. The molecule has 11 nitrogen and oxygen atoms in total. The number of urea groups is 1. The van der Waals surface area contributed by atoms with Crippen LogP contribution in [0.25, 0.3) is 0 Å². The number of nitrogens with one attached hydrogen (secondary N) is 1. The number of sulfonamides is 1. The Hall–Kier alpha value is -2.28. The maximum atomic E-state index is 12.3. The molecule has 1 aromatic carbocycles. The van der Waals surface area contributed by atoms with E-state index in [0.717, 1.165) is 4.90 Å². The van der Waals surface area contributed by atoms with E-state index in [1.165, 1.54) is 38.4 Å². The average Bonchev–Trinajstić information content (AvgIpc) is 2.59. The molecule has 0 atom stereocenters. The third kappa shape index (κ3) is 6.12. The van der Waals surface area contributed by atoms with Gasteiger partial charge >= 0.3 is 41.6 Å². The zero-order valence-electron chi connectivity index (χ0n) is 15.7. The summed E-state index contributed by atoms with van der Waals surface area (Å²) in [5.41, 5.74) is -0.292. The Morgan fingerprint density at radius 1 is 1.21 bits per heavy atom. The molecule has 2 rings (SSSR count). The Kier molecular flexibility index (Phi) is 8.29. The first kappa shape index (κ1) is 23.8. The number of hydrogen-bond donors (Lipinski definition) is 1. The second-order valence-electron chi connectivity index (χ2n) is 5.34. The summed E-state index contributed by atoms with van der Waals surface area (Å²) in [6.07, 6.45) is 0. The van der Waals surface area contributed by atoms with Crippen LogP contribution in [0.1, 0.15) is 21.7 Å². The van der Waals surface area contributed by atoms with E-state index in [0.29, 0.717) is 0 Å². The number of rotatable bonds is 6. The van der Waals surface area contributed by atoms with Gasteiger partial charge in [-0.05, 0) is 12.5 Å². The standard InChI is InChI=1S/C15H17N5O6S.Na/c1-9-16-13(18-14(17-9)26-3)20(2)15(23)19-27(24,25)8-10-6-4-5-7-11(10)12(21)22;/h4-7H,8H2,1-3H3,(H,19,23)(H,21,22);/q;+1/p-1. The Labute approximate surface area is 183 Å². The van der Waals surface area contributed by atoms with Crippen molar-refractivity contribution in [3.8, 4) is 6.01 Å². The van der Waals surface area contributed by atoms with E-state index in [1.54, 1.807) is 6.92 Å². The molecule has 0 radical (unpaired) electrons. The Balaban J connectivity index is 0.00000392. The first-order valence-corrected chi connectivity index (χ1v) is 9.12. The molecule has 1 N–H and O–H groups in total. The molecule has 1 heterocycles. The van der Waals surface area contributed by atoms with Crippen molar-refractivity contribution in [2.45, 2.75) is 12.7 Å². The van der Waals surface area contributed by atoms with Gasteiger partial charge in [0.1, 0.15) is 5.82 Å². The number of nitrogens with zero attached hydrogens (tertiary/aromatic N) is 4. The van der Waals surface area contributed by atoms with Gasteiger partial charge < -0.3 is 14.6 Å². The number of carbonyl (C=O) groups excluding carboxylic acids is 2. The topological polar surface area (TPSA) is 155 Å². The third-order valence-electron chi connectivity index (χ3n) is 3.33. The van der Waals surface area contributed by atoms with E-state index in [4.69, 9.17) is 4.74 Å². The predicted molar refractivity (Wildman–Crippen MR) is 91.4 cm³/mol. The van der Waals surface area contributed by atoms with Crippen LogP contribution >= 0.6 is 0 Å². The molecule has 0 aliphatic rings. The number of aryl methyl sites for hydroxylation is 1. The first-order chi connectivity index (χ1) is 12.6. The van der Waals surface area contributed by atoms with Gasteiger partial charge in [0.05, 0.1) is 18.8 Å². The summed E-state index contributed by atoms with van der Waals surface area (Å²) in [5.74, 6) is -2.10. The number of benzene rings is 1. The van der Waals surface area contributed by atoms with Crippen LogP contribution in [0.15, 0.2) is 24.3 Å². The molecule has 0 fully saturated rings. The fourth-order valence-corrected chi connectivity index (χ4v) is 3.20. The van der Waals surface area contributed by atoms with Gasteiger partial charge in [-0.2, -0.15) is 15.0 Å². The smallest absolute Gasteiger partial charge is 0.545 e. The van der Waals surface area contributed by atoms with E-state index in [2.05, 4.69) is 15.0 Å². The van der Waals surface area contributed by atoms with Crippen LogP contribution in [0.3, 0.4) is 0 Å². The van der Waals surface area contributed by atoms with Crippen molar-refractivity contribution >= 4 is 28.0 Å². The molecule has 0 spiro atoms. The van der Waals surface area contributed by atoms with Crippen LogP contribution in [0.5, 0.6) is 6.01 Å². The quantitative estimate of drug-likeness (QED) is 0.466. The van der Waals surface area contributed by atoms with E-state index in [9.17, 15) is 23.1 Å². The second kappa shape index (κ2) is 9.78. The molecule has 2 amide bonds. The van der Waals surface area contributed by atoms with Gasteiger partial charge in [-0.1, -0.05) is 24.3 Å². The minimum absolute atomic E-state index is 0. The first-order valence-electron chi connectivity index (χ1n) is 7.47. The molecular weight excluding hydrogens is 401 g/mol. The average molecular weight is 417 g/mol. The van der Waals surface area contributed by atoms with Gasteiger partial charge in [0.25, 0.3) is 0 Å². The van der Waals surface area contributed by atoms with Crippen LogP contribution in [0.4, 0.5) is 10.7 Å². The minimum atomic E-state index is -4.20. The molecule has 1 aromatic heterocycles. The van der Waals surface area contributed by atoms with Crippen LogP contribution in [0, 0.1) is 6.92 Å². The molecule has 0 bridgehead atoms. The number of hydrogen-bond acceptors (Lipinski definition) is 9. The number of methoxy groups -OCH3 is 1. The van der Waals surface area contributed by atoms with E-state index >= 15 is 0 Å². The molecule has 0 saturated heterocycles.